The number of aromatic carboxylic acids is 1. The smallest absolute Gasteiger partial charge is 0.356 e. The molecule has 2 rings (SSSR count). The summed E-state index contributed by atoms with van der Waals surface area (Å²) in [5.74, 6) is -1.16. The first kappa shape index (κ1) is 13.2. The topological polar surface area (TPSA) is 84.6 Å². The lowest BCUT2D eigenvalue weighted by Crippen LogP contribution is -1.99. The lowest BCUT2D eigenvalue weighted by atomic mass is 10.1. The summed E-state index contributed by atoms with van der Waals surface area (Å²) in [5, 5.41) is 23.1. The maximum Gasteiger partial charge on any atom is 0.356 e. The highest BCUT2D eigenvalue weighted by atomic mass is 35.5. The minimum absolute atomic E-state index is 0.106. The lowest BCUT2D eigenvalue weighted by molar-refractivity contribution is 0.0689. The number of aromatic hydroxyl groups is 1. The van der Waals surface area contributed by atoms with Gasteiger partial charge in [0.05, 0.1) is 17.8 Å². The van der Waals surface area contributed by atoms with Crippen LogP contribution in [0.2, 0.25) is 5.02 Å². The summed E-state index contributed by atoms with van der Waals surface area (Å²) in [6.07, 6.45) is 0. The van der Waals surface area contributed by atoms with Gasteiger partial charge in [-0.3, -0.25) is 4.68 Å². The number of aromatic nitrogens is 2. The van der Waals surface area contributed by atoms with E-state index >= 15 is 0 Å². The first-order chi connectivity index (χ1) is 8.95. The van der Waals surface area contributed by atoms with Crippen LogP contribution in [-0.4, -0.2) is 33.1 Å². The molecule has 7 heteroatoms. The van der Waals surface area contributed by atoms with Crippen molar-refractivity contribution in [3.05, 3.63) is 28.9 Å². The number of rotatable bonds is 3. The summed E-state index contributed by atoms with van der Waals surface area (Å²) in [4.78, 5) is 10.9. The fourth-order valence-corrected chi connectivity index (χ4v) is 2.00. The van der Waals surface area contributed by atoms with Crippen molar-refractivity contribution in [2.24, 2.45) is 7.05 Å². The second-order valence-electron chi connectivity index (χ2n) is 3.82. The highest BCUT2D eigenvalue weighted by Gasteiger charge is 2.18. The van der Waals surface area contributed by atoms with Crippen LogP contribution in [-0.2, 0) is 7.05 Å². The number of carbonyl (C=O) groups is 1. The highest BCUT2D eigenvalue weighted by molar-refractivity contribution is 6.32. The molecule has 0 saturated heterocycles. The molecule has 0 aliphatic carbocycles. The maximum atomic E-state index is 10.9. The van der Waals surface area contributed by atoms with Gasteiger partial charge >= 0.3 is 5.97 Å². The molecule has 0 saturated carbocycles. The van der Waals surface area contributed by atoms with E-state index in [1.54, 1.807) is 19.2 Å². The summed E-state index contributed by atoms with van der Waals surface area (Å²) < 4.78 is 6.37. The minimum Gasteiger partial charge on any atom is -0.504 e. The molecule has 1 heterocycles. The number of halogens is 1. The average Bonchev–Trinajstić information content (AvgIpc) is 2.72. The van der Waals surface area contributed by atoms with E-state index in [0.29, 0.717) is 11.3 Å². The number of hydrogen-bond donors (Lipinski definition) is 2. The zero-order valence-corrected chi connectivity index (χ0v) is 11.0. The Balaban J connectivity index is 2.62. The molecule has 0 bridgehead atoms. The Kier molecular flexibility index (Phi) is 3.35. The van der Waals surface area contributed by atoms with Crippen molar-refractivity contribution < 1.29 is 19.7 Å². The number of phenols is 1. The fraction of sp³-hybridized carbons (Fsp3) is 0.167. The molecule has 0 aliphatic heterocycles. The van der Waals surface area contributed by atoms with Gasteiger partial charge in [-0.1, -0.05) is 11.6 Å². The Morgan fingerprint density at radius 1 is 1.47 bits per heavy atom. The highest BCUT2D eigenvalue weighted by Crippen LogP contribution is 2.41. The second kappa shape index (κ2) is 4.81. The quantitative estimate of drug-likeness (QED) is 0.901. The number of carboxylic acid groups (broad SMARTS) is 1. The van der Waals surface area contributed by atoms with Gasteiger partial charge in [-0.25, -0.2) is 4.79 Å². The van der Waals surface area contributed by atoms with E-state index in [9.17, 15) is 9.90 Å². The Bertz CT molecular complexity index is 651. The predicted octanol–water partition coefficient (Wildman–Crippen LogP) is 2.15. The van der Waals surface area contributed by atoms with Crippen LogP contribution in [0.1, 0.15) is 10.5 Å². The Labute approximate surface area is 113 Å². The number of carboxylic acids is 1. The lowest BCUT2D eigenvalue weighted by Gasteiger charge is -2.10. The molecule has 0 unspecified atom stereocenters. The van der Waals surface area contributed by atoms with Gasteiger partial charge < -0.3 is 14.9 Å². The molecular weight excluding hydrogens is 272 g/mol. The van der Waals surface area contributed by atoms with Crippen LogP contribution < -0.4 is 4.74 Å². The van der Waals surface area contributed by atoms with Gasteiger partial charge in [0.1, 0.15) is 0 Å². The predicted molar refractivity (Wildman–Crippen MR) is 68.8 cm³/mol. The van der Waals surface area contributed by atoms with Crippen LogP contribution in [0.25, 0.3) is 11.3 Å². The first-order valence-electron chi connectivity index (χ1n) is 5.29. The van der Waals surface area contributed by atoms with Crippen molar-refractivity contribution in [3.63, 3.8) is 0 Å². The summed E-state index contributed by atoms with van der Waals surface area (Å²) in [6, 6.07) is 4.50. The van der Waals surface area contributed by atoms with E-state index < -0.39 is 5.97 Å². The van der Waals surface area contributed by atoms with Crippen LogP contribution in [0, 0.1) is 0 Å². The molecular formula is C12H11ClN2O4. The first-order valence-corrected chi connectivity index (χ1v) is 5.66. The van der Waals surface area contributed by atoms with Gasteiger partial charge in [0.15, 0.2) is 17.2 Å². The third-order valence-corrected chi connectivity index (χ3v) is 2.96. The van der Waals surface area contributed by atoms with E-state index in [0.717, 1.165) is 0 Å². The van der Waals surface area contributed by atoms with Gasteiger partial charge in [-0.2, -0.15) is 5.10 Å². The summed E-state index contributed by atoms with van der Waals surface area (Å²) in [5.41, 5.74) is 0.736. The van der Waals surface area contributed by atoms with Gasteiger partial charge in [0.25, 0.3) is 0 Å². The van der Waals surface area contributed by atoms with Crippen molar-refractivity contribution in [3.8, 4) is 22.8 Å². The maximum absolute atomic E-state index is 10.9. The molecule has 100 valence electrons. The van der Waals surface area contributed by atoms with Gasteiger partial charge in [0, 0.05) is 12.6 Å². The molecule has 0 aliphatic rings. The largest absolute Gasteiger partial charge is 0.504 e. The third kappa shape index (κ3) is 2.22. The van der Waals surface area contributed by atoms with Gasteiger partial charge in [-0.05, 0) is 18.2 Å². The monoisotopic (exact) mass is 282 g/mol. The Hall–Kier alpha value is -2.21. The minimum atomic E-state index is -1.14. The van der Waals surface area contributed by atoms with Crippen molar-refractivity contribution in [2.75, 3.05) is 7.11 Å². The van der Waals surface area contributed by atoms with E-state index in [-0.39, 0.29) is 22.2 Å². The van der Waals surface area contributed by atoms with Crippen LogP contribution in [0.4, 0.5) is 0 Å². The summed E-state index contributed by atoms with van der Waals surface area (Å²) in [7, 11) is 2.97. The molecule has 1 aromatic heterocycles. The van der Waals surface area contributed by atoms with Crippen molar-refractivity contribution >= 4 is 17.6 Å². The van der Waals surface area contributed by atoms with Crippen molar-refractivity contribution in [1.29, 1.82) is 0 Å². The third-order valence-electron chi connectivity index (χ3n) is 2.66. The molecule has 0 fully saturated rings. The van der Waals surface area contributed by atoms with Crippen molar-refractivity contribution in [2.45, 2.75) is 0 Å². The molecule has 6 nitrogen and oxygen atoms in total. The van der Waals surface area contributed by atoms with Gasteiger partial charge in [-0.15, -0.1) is 0 Å². The standard InChI is InChI=1S/C12H11ClN2O4/c1-15-9(5-8(14-15)12(17)18)6-3-4-7(13)11(19-2)10(6)16/h3-5,16H,1-2H3,(H,17,18). The molecule has 0 atom stereocenters. The van der Waals surface area contributed by atoms with E-state index in [4.69, 9.17) is 21.4 Å². The molecule has 19 heavy (non-hydrogen) atoms. The Morgan fingerprint density at radius 3 is 2.68 bits per heavy atom. The van der Waals surface area contributed by atoms with Crippen LogP contribution in [0.15, 0.2) is 18.2 Å². The van der Waals surface area contributed by atoms with E-state index in [1.165, 1.54) is 17.9 Å². The number of methoxy groups -OCH3 is 1. The number of ether oxygens (including phenoxy) is 1. The molecule has 0 radical (unpaired) electrons. The molecule has 2 N–H and O–H groups in total. The zero-order chi connectivity index (χ0) is 14.2. The summed E-state index contributed by atoms with van der Waals surface area (Å²) >= 11 is 5.88. The molecule has 0 amide bonds. The number of nitrogens with zero attached hydrogens (tertiary/aromatic N) is 2. The van der Waals surface area contributed by atoms with E-state index in [1.807, 2.05) is 0 Å². The Morgan fingerprint density at radius 2 is 2.16 bits per heavy atom. The number of benzene rings is 1. The average molecular weight is 283 g/mol. The van der Waals surface area contributed by atoms with Crippen molar-refractivity contribution in [1.82, 2.24) is 9.78 Å². The number of aryl methyl sites for hydroxylation is 1. The van der Waals surface area contributed by atoms with Crippen LogP contribution in [0.3, 0.4) is 0 Å². The van der Waals surface area contributed by atoms with Crippen LogP contribution in [0.5, 0.6) is 11.5 Å². The SMILES string of the molecule is COc1c(Cl)ccc(-c2cc(C(=O)O)nn2C)c1O. The molecule has 2 aromatic rings. The fourth-order valence-electron chi connectivity index (χ4n) is 1.77. The van der Waals surface area contributed by atoms with Gasteiger partial charge in [0.2, 0.25) is 0 Å². The second-order valence-corrected chi connectivity index (χ2v) is 4.23. The molecule has 1 aromatic carbocycles. The van der Waals surface area contributed by atoms with Crippen LogP contribution >= 0.6 is 11.6 Å². The summed E-state index contributed by atoms with van der Waals surface area (Å²) in [6.45, 7) is 0. The number of hydrogen-bond acceptors (Lipinski definition) is 4. The molecule has 0 spiro atoms. The normalized spacial score (nSPS) is 10.5. The zero-order valence-electron chi connectivity index (χ0n) is 10.2. The number of phenolic OH excluding ortho intramolecular Hbond substituents is 1. The van der Waals surface area contributed by atoms with E-state index in [2.05, 4.69) is 5.10 Å².